The third-order valence-electron chi connectivity index (χ3n) is 4.51. The fraction of sp³-hybridized carbons (Fsp3) is 0.550. The molecule has 0 aromatic heterocycles. The average Bonchev–Trinajstić information content (AvgIpc) is 2.49. The van der Waals surface area contributed by atoms with E-state index in [1.54, 1.807) is 0 Å². The fourth-order valence-corrected chi connectivity index (χ4v) is 3.04. The Bertz CT molecular complexity index is 496. The van der Waals surface area contributed by atoms with Crippen molar-refractivity contribution in [3.05, 3.63) is 54.3 Å². The van der Waals surface area contributed by atoms with Gasteiger partial charge >= 0.3 is 0 Å². The van der Waals surface area contributed by atoms with Crippen LogP contribution in [0.25, 0.3) is 0 Å². The van der Waals surface area contributed by atoms with Crippen LogP contribution in [0.5, 0.6) is 0 Å². The van der Waals surface area contributed by atoms with Gasteiger partial charge in [-0.15, -0.1) is 5.73 Å². The van der Waals surface area contributed by atoms with E-state index < -0.39 is 8.32 Å². The van der Waals surface area contributed by atoms with E-state index in [2.05, 4.69) is 58.3 Å². The summed E-state index contributed by atoms with van der Waals surface area (Å²) in [5, 5.41) is 0.261. The van der Waals surface area contributed by atoms with Crippen molar-refractivity contribution >= 4 is 8.32 Å². The van der Waals surface area contributed by atoms with Crippen molar-refractivity contribution in [1.29, 1.82) is 0 Å². The van der Waals surface area contributed by atoms with E-state index in [0.717, 1.165) is 19.4 Å². The van der Waals surface area contributed by atoms with E-state index in [9.17, 15) is 0 Å². The summed E-state index contributed by atoms with van der Waals surface area (Å²) in [4.78, 5) is 0. The summed E-state index contributed by atoms with van der Waals surface area (Å²) in [6.07, 6.45) is 3.89. The van der Waals surface area contributed by atoms with Crippen LogP contribution < -0.4 is 0 Å². The van der Waals surface area contributed by atoms with Gasteiger partial charge in [0.15, 0.2) is 8.32 Å². The zero-order chi connectivity index (χ0) is 17.3. The number of hydrogen-bond acceptors (Lipinski definition) is 2. The van der Waals surface area contributed by atoms with Gasteiger partial charge in [-0.1, -0.05) is 57.7 Å². The first kappa shape index (κ1) is 19.9. The van der Waals surface area contributed by atoms with Crippen LogP contribution in [0.1, 0.15) is 39.2 Å². The van der Waals surface area contributed by atoms with E-state index in [-0.39, 0.29) is 11.1 Å². The standard InChI is InChI=1S/C20H32O2Si/c1-7-12-19(21-17-18-13-9-8-10-14-18)15-11-16-22-23(5,6)20(2,3)4/h8-10,12-14,19H,1,11,15-17H2,2-6H3. The topological polar surface area (TPSA) is 18.5 Å². The van der Waals surface area contributed by atoms with Crippen LogP contribution in [-0.4, -0.2) is 21.0 Å². The maximum atomic E-state index is 6.22. The smallest absolute Gasteiger partial charge is 0.191 e. The Hall–Kier alpha value is -1.12. The summed E-state index contributed by atoms with van der Waals surface area (Å²) in [6.45, 7) is 16.5. The molecule has 0 spiro atoms. The van der Waals surface area contributed by atoms with Gasteiger partial charge in [-0.2, -0.15) is 0 Å². The van der Waals surface area contributed by atoms with Crippen molar-refractivity contribution in [1.82, 2.24) is 0 Å². The quantitative estimate of drug-likeness (QED) is 0.327. The number of hydrogen-bond donors (Lipinski definition) is 0. The third kappa shape index (κ3) is 7.32. The van der Waals surface area contributed by atoms with Crippen LogP contribution in [0.15, 0.2) is 48.7 Å². The molecule has 0 saturated carbocycles. The maximum Gasteiger partial charge on any atom is 0.191 e. The summed E-state index contributed by atoms with van der Waals surface area (Å²) in [7, 11) is -1.65. The lowest BCUT2D eigenvalue weighted by Gasteiger charge is -2.36. The third-order valence-corrected chi connectivity index (χ3v) is 9.05. The molecule has 1 unspecified atom stereocenters. The van der Waals surface area contributed by atoms with Crippen LogP contribution >= 0.6 is 0 Å². The molecule has 0 aliphatic rings. The van der Waals surface area contributed by atoms with Crippen molar-refractivity contribution in [2.45, 2.75) is 64.5 Å². The summed E-state index contributed by atoms with van der Waals surface area (Å²) >= 11 is 0. The Morgan fingerprint density at radius 2 is 1.87 bits per heavy atom. The highest BCUT2D eigenvalue weighted by Gasteiger charge is 2.36. The number of benzene rings is 1. The number of rotatable bonds is 9. The monoisotopic (exact) mass is 332 g/mol. The Labute approximate surface area is 143 Å². The molecule has 0 amide bonds. The Kier molecular flexibility index (Phi) is 8.00. The van der Waals surface area contributed by atoms with Gasteiger partial charge in [0.25, 0.3) is 0 Å². The molecule has 1 rings (SSSR count). The molecule has 0 N–H and O–H groups in total. The second kappa shape index (κ2) is 9.24. The molecule has 1 aromatic rings. The van der Waals surface area contributed by atoms with E-state index in [0.29, 0.717) is 6.61 Å². The normalized spacial score (nSPS) is 13.4. The lowest BCUT2D eigenvalue weighted by molar-refractivity contribution is 0.0621. The minimum atomic E-state index is -1.65. The Morgan fingerprint density at radius 1 is 1.22 bits per heavy atom. The molecule has 0 saturated heterocycles. The van der Waals surface area contributed by atoms with Gasteiger partial charge < -0.3 is 9.16 Å². The predicted molar refractivity (Wildman–Crippen MR) is 101 cm³/mol. The van der Waals surface area contributed by atoms with Crippen molar-refractivity contribution in [3.63, 3.8) is 0 Å². The van der Waals surface area contributed by atoms with E-state index in [1.165, 1.54) is 5.56 Å². The molecule has 0 aliphatic carbocycles. The number of ether oxygens (including phenoxy) is 1. The van der Waals surface area contributed by atoms with Gasteiger partial charge in [0.1, 0.15) is 0 Å². The Morgan fingerprint density at radius 3 is 2.43 bits per heavy atom. The van der Waals surface area contributed by atoms with Gasteiger partial charge in [-0.05, 0) is 42.6 Å². The van der Waals surface area contributed by atoms with Crippen LogP contribution in [0.2, 0.25) is 18.1 Å². The van der Waals surface area contributed by atoms with Gasteiger partial charge in [-0.3, -0.25) is 0 Å². The molecule has 2 nitrogen and oxygen atoms in total. The minimum absolute atomic E-state index is 0.0516. The van der Waals surface area contributed by atoms with Crippen molar-refractivity contribution in [2.24, 2.45) is 0 Å². The maximum absolute atomic E-state index is 6.22. The molecule has 23 heavy (non-hydrogen) atoms. The summed E-state index contributed by atoms with van der Waals surface area (Å²) in [6, 6.07) is 10.2. The molecule has 0 fully saturated rings. The highest BCUT2D eigenvalue weighted by molar-refractivity contribution is 6.74. The van der Waals surface area contributed by atoms with Gasteiger partial charge in [0, 0.05) is 6.61 Å². The second-order valence-electron chi connectivity index (χ2n) is 7.46. The largest absolute Gasteiger partial charge is 0.417 e. The molecule has 0 radical (unpaired) electrons. The molecule has 0 heterocycles. The van der Waals surface area contributed by atoms with Crippen LogP contribution in [0.4, 0.5) is 0 Å². The van der Waals surface area contributed by atoms with E-state index in [4.69, 9.17) is 9.16 Å². The minimum Gasteiger partial charge on any atom is -0.417 e. The van der Waals surface area contributed by atoms with Gasteiger partial charge in [-0.25, -0.2) is 0 Å². The summed E-state index contributed by atoms with van der Waals surface area (Å²) < 4.78 is 12.2. The first-order valence-corrected chi connectivity index (χ1v) is 11.3. The molecule has 0 bridgehead atoms. The predicted octanol–water partition coefficient (Wildman–Crippen LogP) is 5.71. The lowest BCUT2D eigenvalue weighted by atomic mass is 10.2. The first-order chi connectivity index (χ1) is 10.8. The van der Waals surface area contributed by atoms with Gasteiger partial charge in [0.05, 0.1) is 12.7 Å². The highest BCUT2D eigenvalue weighted by Crippen LogP contribution is 2.36. The first-order valence-electron chi connectivity index (χ1n) is 8.42. The molecule has 1 aromatic carbocycles. The SMILES string of the molecule is C=C=CC(CCCO[Si](C)(C)C(C)(C)C)OCc1ccccc1. The van der Waals surface area contributed by atoms with Crippen LogP contribution in [0.3, 0.4) is 0 Å². The molecular formula is C20H32O2Si. The fourth-order valence-electron chi connectivity index (χ4n) is 1.95. The van der Waals surface area contributed by atoms with Gasteiger partial charge in [0.2, 0.25) is 0 Å². The molecular weight excluding hydrogens is 300 g/mol. The molecule has 3 heteroatoms. The van der Waals surface area contributed by atoms with E-state index >= 15 is 0 Å². The second-order valence-corrected chi connectivity index (χ2v) is 12.3. The molecule has 0 aliphatic heterocycles. The Balaban J connectivity index is 2.38. The summed E-state index contributed by atoms with van der Waals surface area (Å²) in [5.41, 5.74) is 4.04. The van der Waals surface area contributed by atoms with Crippen molar-refractivity contribution in [2.75, 3.05) is 6.61 Å². The van der Waals surface area contributed by atoms with E-state index in [1.807, 2.05) is 24.3 Å². The van der Waals surface area contributed by atoms with Crippen molar-refractivity contribution < 1.29 is 9.16 Å². The highest BCUT2D eigenvalue weighted by atomic mass is 28.4. The molecule has 128 valence electrons. The average molecular weight is 333 g/mol. The molecule has 1 atom stereocenters. The zero-order valence-corrected chi connectivity index (χ0v) is 16.4. The van der Waals surface area contributed by atoms with Crippen LogP contribution in [0, 0.1) is 0 Å². The summed E-state index contributed by atoms with van der Waals surface area (Å²) in [5.74, 6) is 0. The van der Waals surface area contributed by atoms with Crippen molar-refractivity contribution in [3.8, 4) is 0 Å². The zero-order valence-electron chi connectivity index (χ0n) is 15.4. The lowest BCUT2D eigenvalue weighted by Crippen LogP contribution is -2.41. The van der Waals surface area contributed by atoms with Crippen LogP contribution in [-0.2, 0) is 15.8 Å².